The minimum atomic E-state index is -0.166. The highest BCUT2D eigenvalue weighted by molar-refractivity contribution is 5.91. The van der Waals surface area contributed by atoms with E-state index in [0.717, 1.165) is 33.8 Å². The number of aryl methyl sites for hydroxylation is 1. The number of aromatic nitrogens is 4. The van der Waals surface area contributed by atoms with Crippen molar-refractivity contribution in [1.29, 1.82) is 0 Å². The molecule has 0 aliphatic carbocycles. The van der Waals surface area contributed by atoms with Crippen molar-refractivity contribution in [3.63, 3.8) is 0 Å². The van der Waals surface area contributed by atoms with Gasteiger partial charge in [0.1, 0.15) is 0 Å². The van der Waals surface area contributed by atoms with Crippen molar-refractivity contribution in [3.8, 4) is 22.5 Å². The molecule has 6 nitrogen and oxygen atoms in total. The van der Waals surface area contributed by atoms with Gasteiger partial charge in [0.05, 0.1) is 17.8 Å². The standard InChI is InChI=1S/C23H19N5O/c1-16-13-19(11-12-24-16)20-8-7-17(15-25-20)14-23(29)26-22-10-9-21(27-28-22)18-5-3-2-4-6-18/h2-13,15H,14H2,1H3,(H,26,28,29). The molecule has 6 heteroatoms. The number of carbonyl (C=O) groups excluding carboxylic acids is 1. The summed E-state index contributed by atoms with van der Waals surface area (Å²) in [7, 11) is 0. The molecule has 0 saturated heterocycles. The van der Waals surface area contributed by atoms with Crippen LogP contribution in [0.5, 0.6) is 0 Å². The van der Waals surface area contributed by atoms with E-state index >= 15 is 0 Å². The summed E-state index contributed by atoms with van der Waals surface area (Å²) in [4.78, 5) is 21.0. The van der Waals surface area contributed by atoms with Gasteiger partial charge in [0, 0.05) is 29.2 Å². The molecule has 1 aromatic carbocycles. The van der Waals surface area contributed by atoms with Crippen LogP contribution in [0.2, 0.25) is 0 Å². The Morgan fingerprint density at radius 3 is 2.38 bits per heavy atom. The van der Waals surface area contributed by atoms with E-state index in [9.17, 15) is 4.79 Å². The van der Waals surface area contributed by atoms with E-state index in [0.29, 0.717) is 5.82 Å². The molecule has 0 saturated carbocycles. The fraction of sp³-hybridized carbons (Fsp3) is 0.0870. The molecule has 1 N–H and O–H groups in total. The minimum Gasteiger partial charge on any atom is -0.309 e. The Kier molecular flexibility index (Phi) is 5.33. The van der Waals surface area contributed by atoms with Crippen LogP contribution in [0.4, 0.5) is 5.82 Å². The molecule has 0 atom stereocenters. The van der Waals surface area contributed by atoms with Gasteiger partial charge in [0.25, 0.3) is 0 Å². The van der Waals surface area contributed by atoms with E-state index in [-0.39, 0.29) is 12.3 Å². The summed E-state index contributed by atoms with van der Waals surface area (Å²) in [6.45, 7) is 1.94. The lowest BCUT2D eigenvalue weighted by Gasteiger charge is -2.06. The zero-order valence-corrected chi connectivity index (χ0v) is 15.9. The molecule has 29 heavy (non-hydrogen) atoms. The van der Waals surface area contributed by atoms with Crippen LogP contribution in [0.15, 0.2) is 79.1 Å². The molecule has 0 bridgehead atoms. The summed E-state index contributed by atoms with van der Waals surface area (Å²) in [5.41, 5.74) is 5.35. The number of nitrogens with zero attached hydrogens (tertiary/aromatic N) is 4. The maximum Gasteiger partial charge on any atom is 0.230 e. The Morgan fingerprint density at radius 1 is 0.862 bits per heavy atom. The number of nitrogens with one attached hydrogen (secondary N) is 1. The van der Waals surface area contributed by atoms with Crippen LogP contribution in [0.3, 0.4) is 0 Å². The molecule has 0 fully saturated rings. The van der Waals surface area contributed by atoms with Gasteiger partial charge in [-0.25, -0.2) is 0 Å². The normalized spacial score (nSPS) is 10.5. The predicted molar refractivity (Wildman–Crippen MR) is 112 cm³/mol. The molecule has 0 radical (unpaired) electrons. The SMILES string of the molecule is Cc1cc(-c2ccc(CC(=O)Nc3ccc(-c4ccccc4)nn3)cn2)ccn1. The van der Waals surface area contributed by atoms with Gasteiger partial charge in [0.15, 0.2) is 5.82 Å². The van der Waals surface area contributed by atoms with E-state index in [4.69, 9.17) is 0 Å². The number of anilines is 1. The number of amides is 1. The van der Waals surface area contributed by atoms with E-state index in [1.54, 1.807) is 18.5 Å². The molecule has 3 heterocycles. The highest BCUT2D eigenvalue weighted by atomic mass is 16.1. The molecule has 0 aliphatic rings. The molecule has 0 aliphatic heterocycles. The highest BCUT2D eigenvalue weighted by Gasteiger charge is 2.08. The third kappa shape index (κ3) is 4.68. The molecule has 3 aromatic heterocycles. The molecule has 1 amide bonds. The van der Waals surface area contributed by atoms with Gasteiger partial charge in [0.2, 0.25) is 5.91 Å². The Bertz CT molecular complexity index is 1110. The lowest BCUT2D eigenvalue weighted by Crippen LogP contribution is -2.15. The zero-order valence-electron chi connectivity index (χ0n) is 15.9. The first-order valence-electron chi connectivity index (χ1n) is 9.24. The summed E-state index contributed by atoms with van der Waals surface area (Å²) in [5.74, 6) is 0.257. The third-order valence-corrected chi connectivity index (χ3v) is 4.38. The van der Waals surface area contributed by atoms with Gasteiger partial charge in [-0.3, -0.25) is 14.8 Å². The molecular weight excluding hydrogens is 362 g/mol. The Hall–Kier alpha value is -3.93. The lowest BCUT2D eigenvalue weighted by molar-refractivity contribution is -0.115. The number of hydrogen-bond acceptors (Lipinski definition) is 5. The maximum absolute atomic E-state index is 12.3. The monoisotopic (exact) mass is 381 g/mol. The zero-order chi connectivity index (χ0) is 20.1. The van der Waals surface area contributed by atoms with Crippen LogP contribution in [0.1, 0.15) is 11.3 Å². The highest BCUT2D eigenvalue weighted by Crippen LogP contribution is 2.18. The van der Waals surface area contributed by atoms with Gasteiger partial charge in [-0.2, -0.15) is 0 Å². The first-order chi connectivity index (χ1) is 14.2. The average Bonchev–Trinajstić information content (AvgIpc) is 2.75. The first kappa shape index (κ1) is 18.4. The van der Waals surface area contributed by atoms with Crippen molar-refractivity contribution in [1.82, 2.24) is 20.2 Å². The fourth-order valence-corrected chi connectivity index (χ4v) is 2.94. The average molecular weight is 381 g/mol. The molecule has 4 rings (SSSR count). The van der Waals surface area contributed by atoms with Crippen LogP contribution in [-0.2, 0) is 11.2 Å². The number of hydrogen-bond donors (Lipinski definition) is 1. The largest absolute Gasteiger partial charge is 0.309 e. The van der Waals surface area contributed by atoms with Crippen molar-refractivity contribution in [3.05, 3.63) is 90.4 Å². The summed E-state index contributed by atoms with van der Waals surface area (Å²) in [5, 5.41) is 11.0. The second kappa shape index (κ2) is 8.39. The smallest absolute Gasteiger partial charge is 0.230 e. The van der Waals surface area contributed by atoms with Crippen LogP contribution in [-0.4, -0.2) is 26.1 Å². The van der Waals surface area contributed by atoms with E-state index < -0.39 is 0 Å². The van der Waals surface area contributed by atoms with E-state index in [1.165, 1.54) is 0 Å². The molecule has 0 spiro atoms. The number of carbonyl (C=O) groups is 1. The van der Waals surface area contributed by atoms with Crippen molar-refractivity contribution >= 4 is 11.7 Å². The summed E-state index contributed by atoms with van der Waals surface area (Å²) in [6.07, 6.45) is 3.69. The van der Waals surface area contributed by atoms with Crippen LogP contribution < -0.4 is 5.32 Å². The molecule has 142 valence electrons. The van der Waals surface area contributed by atoms with Crippen LogP contribution in [0, 0.1) is 6.92 Å². The molecule has 0 unspecified atom stereocenters. The second-order valence-corrected chi connectivity index (χ2v) is 6.63. The van der Waals surface area contributed by atoms with Crippen LogP contribution >= 0.6 is 0 Å². The Balaban J connectivity index is 1.38. The van der Waals surface area contributed by atoms with E-state index in [2.05, 4.69) is 25.5 Å². The van der Waals surface area contributed by atoms with Crippen molar-refractivity contribution < 1.29 is 4.79 Å². The second-order valence-electron chi connectivity index (χ2n) is 6.63. The van der Waals surface area contributed by atoms with Crippen molar-refractivity contribution in [2.75, 3.05) is 5.32 Å². The summed E-state index contributed by atoms with van der Waals surface area (Å²) in [6, 6.07) is 21.1. The maximum atomic E-state index is 12.3. The number of rotatable bonds is 5. The predicted octanol–water partition coefficient (Wildman–Crippen LogP) is 4.09. The summed E-state index contributed by atoms with van der Waals surface area (Å²) >= 11 is 0. The number of benzene rings is 1. The van der Waals surface area contributed by atoms with Gasteiger partial charge in [-0.05, 0) is 42.8 Å². The van der Waals surface area contributed by atoms with Crippen molar-refractivity contribution in [2.45, 2.75) is 13.3 Å². The van der Waals surface area contributed by atoms with Crippen molar-refractivity contribution in [2.24, 2.45) is 0 Å². The quantitative estimate of drug-likeness (QED) is 0.563. The number of pyridine rings is 2. The van der Waals surface area contributed by atoms with Gasteiger partial charge >= 0.3 is 0 Å². The third-order valence-electron chi connectivity index (χ3n) is 4.38. The van der Waals surface area contributed by atoms with Gasteiger partial charge in [-0.15, -0.1) is 10.2 Å². The fourth-order valence-electron chi connectivity index (χ4n) is 2.94. The Labute approximate surface area is 168 Å². The van der Waals surface area contributed by atoms with Gasteiger partial charge < -0.3 is 5.32 Å². The van der Waals surface area contributed by atoms with E-state index in [1.807, 2.05) is 67.6 Å². The molecule has 4 aromatic rings. The lowest BCUT2D eigenvalue weighted by atomic mass is 10.1. The van der Waals surface area contributed by atoms with Crippen LogP contribution in [0.25, 0.3) is 22.5 Å². The minimum absolute atomic E-state index is 0.166. The van der Waals surface area contributed by atoms with Gasteiger partial charge in [-0.1, -0.05) is 36.4 Å². The summed E-state index contributed by atoms with van der Waals surface area (Å²) < 4.78 is 0. The Morgan fingerprint density at radius 2 is 1.69 bits per heavy atom. The molecular formula is C23H19N5O. The first-order valence-corrected chi connectivity index (χ1v) is 9.24. The topological polar surface area (TPSA) is 80.7 Å².